The summed E-state index contributed by atoms with van der Waals surface area (Å²) in [4.78, 5) is 14.7. The van der Waals surface area contributed by atoms with Crippen LogP contribution in [-0.4, -0.2) is 48.4 Å². The molecule has 130 valence electrons. The number of rotatable bonds is 4. The van der Waals surface area contributed by atoms with Crippen molar-refractivity contribution in [3.63, 3.8) is 0 Å². The van der Waals surface area contributed by atoms with Crippen LogP contribution in [0.4, 0.5) is 0 Å². The van der Waals surface area contributed by atoms with Gasteiger partial charge in [-0.15, -0.1) is 0 Å². The summed E-state index contributed by atoms with van der Waals surface area (Å²) >= 11 is 0. The molecule has 1 fully saturated rings. The van der Waals surface area contributed by atoms with E-state index in [-0.39, 0.29) is 10.7 Å². The van der Waals surface area contributed by atoms with Crippen LogP contribution in [0.3, 0.4) is 0 Å². The molecule has 0 bridgehead atoms. The van der Waals surface area contributed by atoms with Crippen molar-refractivity contribution in [2.75, 3.05) is 18.8 Å². The van der Waals surface area contributed by atoms with Crippen LogP contribution >= 0.6 is 0 Å². The average molecular weight is 340 g/mol. The standard InChI is InChI=1S/C17H29N3O2S/c1-6-14(7-2)20-13(3)15(12-18-20)16(21)19-9-8-17(4,5)23(22)11-10-19/h12,14H,6-11H2,1-5H3. The zero-order chi connectivity index (χ0) is 17.2. The summed E-state index contributed by atoms with van der Waals surface area (Å²) in [6.07, 6.45) is 4.47. The van der Waals surface area contributed by atoms with Gasteiger partial charge in [0.1, 0.15) is 0 Å². The SMILES string of the molecule is CCC(CC)n1ncc(C(=O)N2CCS(=O)C(C)(C)CC2)c1C. The number of hydrogen-bond donors (Lipinski definition) is 0. The molecule has 0 aliphatic carbocycles. The quantitative estimate of drug-likeness (QED) is 0.847. The van der Waals surface area contributed by atoms with Crippen molar-refractivity contribution in [1.82, 2.24) is 14.7 Å². The predicted molar refractivity (Wildman–Crippen MR) is 94.2 cm³/mol. The molecule has 1 saturated heterocycles. The molecular weight excluding hydrogens is 310 g/mol. The van der Waals surface area contributed by atoms with E-state index >= 15 is 0 Å². The van der Waals surface area contributed by atoms with Gasteiger partial charge in [0.05, 0.1) is 17.8 Å². The van der Waals surface area contributed by atoms with Gasteiger partial charge in [0.2, 0.25) is 0 Å². The summed E-state index contributed by atoms with van der Waals surface area (Å²) in [7, 11) is -0.887. The van der Waals surface area contributed by atoms with Crippen molar-refractivity contribution in [2.24, 2.45) is 0 Å². The monoisotopic (exact) mass is 339 g/mol. The van der Waals surface area contributed by atoms with Crippen LogP contribution in [0.2, 0.25) is 0 Å². The minimum atomic E-state index is -0.887. The highest BCUT2D eigenvalue weighted by Gasteiger charge is 2.32. The Balaban J connectivity index is 2.20. The van der Waals surface area contributed by atoms with Crippen molar-refractivity contribution in [2.45, 2.75) is 64.7 Å². The normalized spacial score (nSPS) is 21.5. The van der Waals surface area contributed by atoms with Crippen molar-refractivity contribution in [3.05, 3.63) is 17.5 Å². The molecule has 0 spiro atoms. The van der Waals surface area contributed by atoms with Gasteiger partial charge >= 0.3 is 0 Å². The van der Waals surface area contributed by atoms with Crippen LogP contribution in [0.15, 0.2) is 6.20 Å². The Hall–Kier alpha value is -1.17. The van der Waals surface area contributed by atoms with E-state index in [0.29, 0.717) is 30.4 Å². The van der Waals surface area contributed by atoms with Gasteiger partial charge in [-0.05, 0) is 40.0 Å². The minimum absolute atomic E-state index is 0.0226. The molecule has 5 nitrogen and oxygen atoms in total. The molecule has 0 N–H and O–H groups in total. The number of carbonyl (C=O) groups is 1. The van der Waals surface area contributed by atoms with Gasteiger partial charge in [0.25, 0.3) is 5.91 Å². The maximum absolute atomic E-state index is 12.9. The van der Waals surface area contributed by atoms with Crippen molar-refractivity contribution in [1.29, 1.82) is 0 Å². The van der Waals surface area contributed by atoms with E-state index in [1.165, 1.54) is 0 Å². The van der Waals surface area contributed by atoms with E-state index in [1.54, 1.807) is 6.20 Å². The molecule has 23 heavy (non-hydrogen) atoms. The lowest BCUT2D eigenvalue weighted by Crippen LogP contribution is -2.34. The topological polar surface area (TPSA) is 55.2 Å². The van der Waals surface area contributed by atoms with Gasteiger partial charge < -0.3 is 4.90 Å². The highest BCUT2D eigenvalue weighted by molar-refractivity contribution is 7.86. The van der Waals surface area contributed by atoms with Crippen molar-refractivity contribution < 1.29 is 9.00 Å². The molecule has 1 atom stereocenters. The summed E-state index contributed by atoms with van der Waals surface area (Å²) in [6, 6.07) is 0.340. The number of hydrogen-bond acceptors (Lipinski definition) is 3. The highest BCUT2D eigenvalue weighted by Crippen LogP contribution is 2.24. The van der Waals surface area contributed by atoms with Crippen LogP contribution in [0, 0.1) is 6.92 Å². The maximum Gasteiger partial charge on any atom is 0.257 e. The van der Waals surface area contributed by atoms with Gasteiger partial charge in [0.15, 0.2) is 0 Å². The summed E-state index contributed by atoms with van der Waals surface area (Å²) in [5.74, 6) is 0.577. The molecule has 1 amide bonds. The molecule has 1 unspecified atom stereocenters. The van der Waals surface area contributed by atoms with Crippen LogP contribution < -0.4 is 0 Å². The Morgan fingerprint density at radius 3 is 2.61 bits per heavy atom. The Morgan fingerprint density at radius 1 is 1.35 bits per heavy atom. The first-order valence-corrected chi connectivity index (χ1v) is 9.85. The van der Waals surface area contributed by atoms with Crippen molar-refractivity contribution in [3.8, 4) is 0 Å². The molecule has 1 aromatic rings. The van der Waals surface area contributed by atoms with E-state index < -0.39 is 10.8 Å². The number of aromatic nitrogens is 2. The minimum Gasteiger partial charge on any atom is -0.338 e. The fraction of sp³-hybridized carbons (Fsp3) is 0.765. The Morgan fingerprint density at radius 2 is 2.00 bits per heavy atom. The van der Waals surface area contributed by atoms with Crippen LogP contribution in [-0.2, 0) is 10.8 Å². The lowest BCUT2D eigenvalue weighted by molar-refractivity contribution is 0.0763. The zero-order valence-electron chi connectivity index (χ0n) is 15.0. The molecular formula is C17H29N3O2S. The molecule has 1 aliphatic rings. The Bertz CT molecular complexity index is 591. The third-order valence-corrected chi connectivity index (χ3v) is 6.99. The van der Waals surface area contributed by atoms with E-state index in [4.69, 9.17) is 0 Å². The highest BCUT2D eigenvalue weighted by atomic mass is 32.2. The summed E-state index contributed by atoms with van der Waals surface area (Å²) in [5.41, 5.74) is 1.62. The fourth-order valence-electron chi connectivity index (χ4n) is 3.11. The van der Waals surface area contributed by atoms with E-state index in [2.05, 4.69) is 18.9 Å². The lowest BCUT2D eigenvalue weighted by Gasteiger charge is -2.22. The molecule has 6 heteroatoms. The van der Waals surface area contributed by atoms with Crippen molar-refractivity contribution >= 4 is 16.7 Å². The van der Waals surface area contributed by atoms with Gasteiger partial charge in [-0.3, -0.25) is 13.7 Å². The molecule has 0 saturated carbocycles. The molecule has 1 aromatic heterocycles. The van der Waals surface area contributed by atoms with Gasteiger partial charge in [-0.1, -0.05) is 13.8 Å². The second-order valence-corrected chi connectivity index (χ2v) is 9.11. The van der Waals surface area contributed by atoms with Crippen LogP contribution in [0.25, 0.3) is 0 Å². The smallest absolute Gasteiger partial charge is 0.257 e. The average Bonchev–Trinajstić information content (AvgIpc) is 2.83. The predicted octanol–water partition coefficient (Wildman–Crippen LogP) is 2.93. The Kier molecular flexibility index (Phi) is 5.65. The number of amides is 1. The number of nitrogens with zero attached hydrogens (tertiary/aromatic N) is 3. The number of carbonyl (C=O) groups excluding carboxylic acids is 1. The molecule has 2 heterocycles. The molecule has 1 aliphatic heterocycles. The summed E-state index contributed by atoms with van der Waals surface area (Å²) in [5, 5.41) is 4.45. The first kappa shape index (κ1) is 18.2. The third kappa shape index (κ3) is 3.67. The summed E-state index contributed by atoms with van der Waals surface area (Å²) in [6.45, 7) is 11.5. The zero-order valence-corrected chi connectivity index (χ0v) is 15.8. The van der Waals surface area contributed by atoms with E-state index in [0.717, 1.165) is 25.0 Å². The van der Waals surface area contributed by atoms with E-state index in [9.17, 15) is 9.00 Å². The third-order valence-electron chi connectivity index (χ3n) is 5.00. The first-order chi connectivity index (χ1) is 10.8. The molecule has 2 rings (SSSR count). The summed E-state index contributed by atoms with van der Waals surface area (Å²) < 4.78 is 14.0. The van der Waals surface area contributed by atoms with Gasteiger partial charge in [0, 0.05) is 40.1 Å². The van der Waals surface area contributed by atoms with E-state index in [1.807, 2.05) is 30.4 Å². The van der Waals surface area contributed by atoms with Crippen LogP contribution in [0.5, 0.6) is 0 Å². The first-order valence-electron chi connectivity index (χ1n) is 8.53. The second-order valence-electron chi connectivity index (χ2n) is 6.91. The fourth-order valence-corrected chi connectivity index (χ4v) is 4.37. The largest absolute Gasteiger partial charge is 0.338 e. The Labute approximate surface area is 141 Å². The van der Waals surface area contributed by atoms with Crippen LogP contribution in [0.1, 0.15) is 69.1 Å². The molecule has 0 aromatic carbocycles. The maximum atomic E-state index is 12.9. The van der Waals surface area contributed by atoms with Gasteiger partial charge in [-0.2, -0.15) is 5.10 Å². The van der Waals surface area contributed by atoms with Gasteiger partial charge in [-0.25, -0.2) is 0 Å². The second kappa shape index (κ2) is 7.16. The molecule has 0 radical (unpaired) electrons. The lowest BCUT2D eigenvalue weighted by atomic mass is 10.1.